The molecule has 3 rings (SSSR count). The Bertz CT molecular complexity index is 789. The van der Waals surface area contributed by atoms with E-state index in [4.69, 9.17) is 0 Å². The molecule has 2 aromatic rings. The van der Waals surface area contributed by atoms with E-state index in [9.17, 15) is 4.79 Å². The molecule has 0 bridgehead atoms. The lowest BCUT2D eigenvalue weighted by Gasteiger charge is -2.09. The molecule has 0 spiro atoms. The van der Waals surface area contributed by atoms with Crippen LogP contribution in [-0.2, 0) is 37.3 Å². The smallest absolute Gasteiger partial charge is 0.220 e. The lowest BCUT2D eigenvalue weighted by atomic mass is 10.1. The van der Waals surface area contributed by atoms with Crippen molar-refractivity contribution >= 4 is 5.91 Å². The predicted molar refractivity (Wildman–Crippen MR) is 104 cm³/mol. The second-order valence-electron chi connectivity index (χ2n) is 8.00. The van der Waals surface area contributed by atoms with Crippen molar-refractivity contribution in [1.82, 2.24) is 29.9 Å². The predicted octanol–water partition coefficient (Wildman–Crippen LogP) is 2.72. The monoisotopic (exact) mass is 372 g/mol. The van der Waals surface area contributed by atoms with Gasteiger partial charge in [0.25, 0.3) is 0 Å². The standard InChI is InChI=1S/C20H32N6O/c1-14(2)13-26-16(4)17(15(3)24-26)9-10-20(27)21-12-19-23-22-18-8-6-5-7-11-25(18)19/h14H,5-13H2,1-4H3,(H,21,27). The summed E-state index contributed by atoms with van der Waals surface area (Å²) < 4.78 is 4.25. The fourth-order valence-electron chi connectivity index (χ4n) is 3.80. The molecule has 0 atom stereocenters. The average molecular weight is 373 g/mol. The molecule has 0 radical (unpaired) electrons. The average Bonchev–Trinajstić information content (AvgIpc) is 3.00. The molecular formula is C20H32N6O. The van der Waals surface area contributed by atoms with Crippen LogP contribution in [0.25, 0.3) is 0 Å². The zero-order chi connectivity index (χ0) is 19.4. The molecule has 1 aliphatic rings. The van der Waals surface area contributed by atoms with E-state index in [-0.39, 0.29) is 5.91 Å². The maximum Gasteiger partial charge on any atom is 0.220 e. The Morgan fingerprint density at radius 1 is 1.19 bits per heavy atom. The van der Waals surface area contributed by atoms with Crippen LogP contribution in [0, 0.1) is 19.8 Å². The summed E-state index contributed by atoms with van der Waals surface area (Å²) in [5.41, 5.74) is 3.41. The molecule has 27 heavy (non-hydrogen) atoms. The summed E-state index contributed by atoms with van der Waals surface area (Å²) in [6.07, 6.45) is 5.74. The topological polar surface area (TPSA) is 77.6 Å². The number of nitrogens with one attached hydrogen (secondary N) is 1. The van der Waals surface area contributed by atoms with Gasteiger partial charge in [0, 0.05) is 31.6 Å². The van der Waals surface area contributed by atoms with Gasteiger partial charge in [0.05, 0.1) is 12.2 Å². The fourth-order valence-corrected chi connectivity index (χ4v) is 3.80. The molecule has 1 amide bonds. The highest BCUT2D eigenvalue weighted by atomic mass is 16.1. The minimum atomic E-state index is 0.0522. The molecule has 7 heteroatoms. The zero-order valence-electron chi connectivity index (χ0n) is 17.1. The molecule has 7 nitrogen and oxygen atoms in total. The lowest BCUT2D eigenvalue weighted by molar-refractivity contribution is -0.121. The largest absolute Gasteiger partial charge is 0.349 e. The first-order chi connectivity index (χ1) is 13.0. The van der Waals surface area contributed by atoms with Crippen molar-refractivity contribution in [2.45, 2.75) is 85.9 Å². The van der Waals surface area contributed by atoms with Crippen LogP contribution in [0.15, 0.2) is 0 Å². The van der Waals surface area contributed by atoms with Gasteiger partial charge < -0.3 is 9.88 Å². The maximum absolute atomic E-state index is 12.4. The SMILES string of the molecule is Cc1nn(CC(C)C)c(C)c1CCC(=O)NCc1nnc2n1CCCCC2. The third-order valence-electron chi connectivity index (χ3n) is 5.30. The summed E-state index contributed by atoms with van der Waals surface area (Å²) in [4.78, 5) is 12.4. The molecule has 0 aromatic carbocycles. The van der Waals surface area contributed by atoms with Crippen molar-refractivity contribution < 1.29 is 4.79 Å². The molecule has 3 heterocycles. The Balaban J connectivity index is 1.54. The van der Waals surface area contributed by atoms with Gasteiger partial charge in [-0.3, -0.25) is 9.48 Å². The molecule has 0 fully saturated rings. The number of aromatic nitrogens is 5. The van der Waals surface area contributed by atoms with Crippen LogP contribution in [0.5, 0.6) is 0 Å². The van der Waals surface area contributed by atoms with Crippen LogP contribution in [0.2, 0.25) is 0 Å². The fraction of sp³-hybridized carbons (Fsp3) is 0.700. The number of hydrogen-bond donors (Lipinski definition) is 1. The quantitative estimate of drug-likeness (QED) is 0.811. The third-order valence-corrected chi connectivity index (χ3v) is 5.30. The van der Waals surface area contributed by atoms with E-state index in [1.165, 1.54) is 24.1 Å². The van der Waals surface area contributed by atoms with Crippen molar-refractivity contribution in [1.29, 1.82) is 0 Å². The van der Waals surface area contributed by atoms with Gasteiger partial charge in [0.2, 0.25) is 5.91 Å². The first-order valence-electron chi connectivity index (χ1n) is 10.2. The zero-order valence-corrected chi connectivity index (χ0v) is 17.1. The number of hydrogen-bond acceptors (Lipinski definition) is 4. The van der Waals surface area contributed by atoms with E-state index in [1.807, 2.05) is 6.92 Å². The number of aryl methyl sites for hydroxylation is 2. The number of fused-ring (bicyclic) bond motifs is 1. The minimum absolute atomic E-state index is 0.0522. The molecule has 2 aromatic heterocycles. The second-order valence-corrected chi connectivity index (χ2v) is 8.00. The summed E-state index contributed by atoms with van der Waals surface area (Å²) in [6.45, 7) is 10.8. The van der Waals surface area contributed by atoms with Gasteiger partial charge in [-0.2, -0.15) is 5.10 Å². The summed E-state index contributed by atoms with van der Waals surface area (Å²) in [5, 5.41) is 16.2. The molecule has 0 saturated carbocycles. The first-order valence-corrected chi connectivity index (χ1v) is 10.2. The molecule has 1 aliphatic heterocycles. The Kier molecular flexibility index (Phi) is 6.29. The molecule has 1 N–H and O–H groups in total. The van der Waals surface area contributed by atoms with Crippen molar-refractivity contribution in [3.63, 3.8) is 0 Å². The van der Waals surface area contributed by atoms with Crippen molar-refractivity contribution in [2.24, 2.45) is 5.92 Å². The molecule has 0 saturated heterocycles. The number of rotatable bonds is 7. The number of carbonyl (C=O) groups excluding carboxylic acids is 1. The van der Waals surface area contributed by atoms with Crippen molar-refractivity contribution in [3.05, 3.63) is 28.6 Å². The van der Waals surface area contributed by atoms with Crippen molar-refractivity contribution in [2.75, 3.05) is 0 Å². The molecule has 0 aliphatic carbocycles. The Labute approximate surface area is 161 Å². The van der Waals surface area contributed by atoms with Crippen LogP contribution in [0.4, 0.5) is 0 Å². The van der Waals surface area contributed by atoms with E-state index in [2.05, 4.69) is 50.6 Å². The van der Waals surface area contributed by atoms with Crippen LogP contribution in [-0.4, -0.2) is 30.5 Å². The van der Waals surface area contributed by atoms with Crippen molar-refractivity contribution in [3.8, 4) is 0 Å². The van der Waals surface area contributed by atoms with Gasteiger partial charge in [0.15, 0.2) is 5.82 Å². The highest BCUT2D eigenvalue weighted by Gasteiger charge is 2.16. The third kappa shape index (κ3) is 4.76. The van der Waals surface area contributed by atoms with E-state index < -0.39 is 0 Å². The summed E-state index contributed by atoms with van der Waals surface area (Å²) in [6, 6.07) is 0. The highest BCUT2D eigenvalue weighted by Crippen LogP contribution is 2.17. The maximum atomic E-state index is 12.4. The van der Waals surface area contributed by atoms with Gasteiger partial charge in [-0.25, -0.2) is 0 Å². The van der Waals surface area contributed by atoms with Gasteiger partial charge in [-0.1, -0.05) is 20.3 Å². The number of nitrogens with zero attached hydrogens (tertiary/aromatic N) is 5. The van der Waals surface area contributed by atoms with Gasteiger partial charge >= 0.3 is 0 Å². The van der Waals surface area contributed by atoms with Gasteiger partial charge in [-0.05, 0) is 44.6 Å². The minimum Gasteiger partial charge on any atom is -0.349 e. The summed E-state index contributed by atoms with van der Waals surface area (Å²) in [5.74, 6) is 2.53. The molecular weight excluding hydrogens is 340 g/mol. The van der Waals surface area contributed by atoms with Gasteiger partial charge in [-0.15, -0.1) is 10.2 Å². The van der Waals surface area contributed by atoms with E-state index in [1.54, 1.807) is 0 Å². The van der Waals surface area contributed by atoms with E-state index >= 15 is 0 Å². The molecule has 148 valence electrons. The highest BCUT2D eigenvalue weighted by molar-refractivity contribution is 5.76. The van der Waals surface area contributed by atoms with E-state index in [0.717, 1.165) is 49.7 Å². The Morgan fingerprint density at radius 3 is 2.78 bits per heavy atom. The summed E-state index contributed by atoms with van der Waals surface area (Å²) >= 11 is 0. The summed E-state index contributed by atoms with van der Waals surface area (Å²) in [7, 11) is 0. The first kappa shape index (κ1) is 19.6. The molecule has 0 unspecified atom stereocenters. The normalized spacial score (nSPS) is 14.3. The lowest BCUT2D eigenvalue weighted by Crippen LogP contribution is -2.25. The van der Waals surface area contributed by atoms with Crippen LogP contribution in [0.1, 0.15) is 68.1 Å². The van der Waals surface area contributed by atoms with E-state index in [0.29, 0.717) is 18.9 Å². The Morgan fingerprint density at radius 2 is 2.00 bits per heavy atom. The number of carbonyl (C=O) groups is 1. The van der Waals surface area contributed by atoms with Crippen LogP contribution >= 0.6 is 0 Å². The Hall–Kier alpha value is -2.18. The number of amides is 1. The second kappa shape index (κ2) is 8.67. The van der Waals surface area contributed by atoms with Crippen LogP contribution < -0.4 is 5.32 Å². The van der Waals surface area contributed by atoms with Crippen LogP contribution in [0.3, 0.4) is 0 Å². The van der Waals surface area contributed by atoms with Gasteiger partial charge in [0.1, 0.15) is 5.82 Å².